The summed E-state index contributed by atoms with van der Waals surface area (Å²) in [6, 6.07) is 11.8. The Labute approximate surface area is 132 Å². The van der Waals surface area contributed by atoms with Crippen molar-refractivity contribution in [3.8, 4) is 0 Å². The summed E-state index contributed by atoms with van der Waals surface area (Å²) in [6.45, 7) is 0. The predicted octanol–water partition coefficient (Wildman–Crippen LogP) is 4.76. The predicted molar refractivity (Wildman–Crippen MR) is 82.3 cm³/mol. The highest BCUT2D eigenvalue weighted by atomic mass is 79.9. The van der Waals surface area contributed by atoms with E-state index >= 15 is 0 Å². The van der Waals surface area contributed by atoms with Crippen molar-refractivity contribution in [2.24, 2.45) is 0 Å². The van der Waals surface area contributed by atoms with E-state index in [1.165, 1.54) is 6.07 Å². The fraction of sp³-hybridized carbons (Fsp3) is 0.133. The van der Waals surface area contributed by atoms with Crippen molar-refractivity contribution in [3.63, 3.8) is 0 Å². The molecular weight excluding hydrogens is 391 g/mol. The molecule has 20 heavy (non-hydrogen) atoms. The molecule has 0 fully saturated rings. The molecule has 5 heteroatoms. The average Bonchev–Trinajstić information content (AvgIpc) is 2.41. The number of rotatable bonds is 4. The maximum atomic E-state index is 13.2. The minimum atomic E-state index is -0.905. The molecule has 0 spiro atoms. The van der Waals surface area contributed by atoms with Gasteiger partial charge in [0.25, 0.3) is 0 Å². The van der Waals surface area contributed by atoms with Crippen LogP contribution in [0.3, 0.4) is 0 Å². The second kappa shape index (κ2) is 6.50. The van der Waals surface area contributed by atoms with Gasteiger partial charge in [-0.15, -0.1) is 0 Å². The molecule has 0 aromatic heterocycles. The molecule has 104 valence electrons. The topological polar surface area (TPSA) is 37.3 Å². The molecule has 0 aliphatic rings. The first kappa shape index (κ1) is 15.2. The summed E-state index contributed by atoms with van der Waals surface area (Å²) < 4.78 is 14.3. The molecule has 0 heterocycles. The fourth-order valence-corrected chi connectivity index (χ4v) is 2.98. The van der Waals surface area contributed by atoms with Crippen LogP contribution in [0.25, 0.3) is 0 Å². The minimum Gasteiger partial charge on any atom is -0.481 e. The Morgan fingerprint density at radius 1 is 1.15 bits per heavy atom. The van der Waals surface area contributed by atoms with Gasteiger partial charge < -0.3 is 5.11 Å². The largest absolute Gasteiger partial charge is 0.481 e. The molecule has 0 saturated carbocycles. The third kappa shape index (κ3) is 3.46. The Morgan fingerprint density at radius 2 is 1.85 bits per heavy atom. The summed E-state index contributed by atoms with van der Waals surface area (Å²) in [5.41, 5.74) is 1.47. The number of carbonyl (C=O) groups is 1. The van der Waals surface area contributed by atoms with Crippen LogP contribution in [0.1, 0.15) is 17.0 Å². The average molecular weight is 402 g/mol. The van der Waals surface area contributed by atoms with Crippen LogP contribution in [0.15, 0.2) is 51.4 Å². The highest BCUT2D eigenvalue weighted by Gasteiger charge is 2.22. The van der Waals surface area contributed by atoms with E-state index in [1.54, 1.807) is 24.3 Å². The van der Waals surface area contributed by atoms with Crippen molar-refractivity contribution in [1.29, 1.82) is 0 Å². The van der Waals surface area contributed by atoms with E-state index in [0.717, 1.165) is 10.0 Å². The van der Waals surface area contributed by atoms with E-state index in [9.17, 15) is 14.3 Å². The molecule has 2 aromatic carbocycles. The van der Waals surface area contributed by atoms with Gasteiger partial charge in [-0.2, -0.15) is 0 Å². The van der Waals surface area contributed by atoms with Gasteiger partial charge in [-0.05, 0) is 51.7 Å². The van der Waals surface area contributed by atoms with Crippen molar-refractivity contribution in [2.75, 3.05) is 0 Å². The first-order valence-electron chi connectivity index (χ1n) is 5.90. The lowest BCUT2D eigenvalue weighted by Crippen LogP contribution is -2.15. The molecule has 0 aliphatic carbocycles. The first-order valence-corrected chi connectivity index (χ1v) is 7.49. The molecule has 0 radical (unpaired) electrons. The summed E-state index contributed by atoms with van der Waals surface area (Å²) in [5.74, 6) is -1.94. The van der Waals surface area contributed by atoms with E-state index < -0.39 is 11.9 Å². The summed E-state index contributed by atoms with van der Waals surface area (Å²) in [6.07, 6.45) is 0.302. The number of hydrogen-bond donors (Lipinski definition) is 1. The van der Waals surface area contributed by atoms with Crippen LogP contribution in [0, 0.1) is 5.82 Å². The number of carboxylic acids is 1. The van der Waals surface area contributed by atoms with Gasteiger partial charge in [0, 0.05) is 4.47 Å². The van der Waals surface area contributed by atoms with Crippen molar-refractivity contribution < 1.29 is 14.3 Å². The third-order valence-electron chi connectivity index (χ3n) is 3.00. The maximum Gasteiger partial charge on any atom is 0.311 e. The molecule has 0 bridgehead atoms. The second-order valence-corrected chi connectivity index (χ2v) is 6.07. The van der Waals surface area contributed by atoms with Gasteiger partial charge >= 0.3 is 5.97 Å². The van der Waals surface area contributed by atoms with Gasteiger partial charge in [-0.3, -0.25) is 4.79 Å². The van der Waals surface area contributed by atoms with Gasteiger partial charge in [-0.25, -0.2) is 4.39 Å². The zero-order valence-corrected chi connectivity index (χ0v) is 13.5. The molecule has 1 N–H and O–H groups in total. The van der Waals surface area contributed by atoms with Gasteiger partial charge in [0.2, 0.25) is 0 Å². The summed E-state index contributed by atoms with van der Waals surface area (Å²) >= 11 is 6.48. The number of benzene rings is 2. The Kier molecular flexibility index (Phi) is 4.94. The fourth-order valence-electron chi connectivity index (χ4n) is 1.99. The summed E-state index contributed by atoms with van der Waals surface area (Å²) in [5, 5.41) is 9.43. The lowest BCUT2D eigenvalue weighted by Gasteiger charge is -2.15. The SMILES string of the molecule is O=C(O)C(Cc1ccc(F)c(Br)c1)c1ccccc1Br. The van der Waals surface area contributed by atoms with Crippen molar-refractivity contribution in [3.05, 3.63) is 68.4 Å². The second-order valence-electron chi connectivity index (χ2n) is 4.36. The van der Waals surface area contributed by atoms with Gasteiger partial charge in [-0.1, -0.05) is 40.2 Å². The van der Waals surface area contributed by atoms with Crippen LogP contribution < -0.4 is 0 Å². The number of halogens is 3. The quantitative estimate of drug-likeness (QED) is 0.801. The summed E-state index contributed by atoms with van der Waals surface area (Å²) in [4.78, 5) is 11.5. The number of aliphatic carboxylic acids is 1. The molecule has 0 aliphatic heterocycles. The lowest BCUT2D eigenvalue weighted by atomic mass is 9.92. The molecule has 1 atom stereocenters. The van der Waals surface area contributed by atoms with Crippen LogP contribution in [-0.4, -0.2) is 11.1 Å². The van der Waals surface area contributed by atoms with Crippen molar-refractivity contribution in [2.45, 2.75) is 12.3 Å². The molecule has 0 amide bonds. The van der Waals surface area contributed by atoms with Crippen molar-refractivity contribution in [1.82, 2.24) is 0 Å². The Balaban J connectivity index is 2.33. The molecular formula is C15H11Br2FO2. The van der Waals surface area contributed by atoms with Crippen LogP contribution in [0.5, 0.6) is 0 Å². The van der Waals surface area contributed by atoms with E-state index in [-0.39, 0.29) is 5.82 Å². The van der Waals surface area contributed by atoms with E-state index in [2.05, 4.69) is 31.9 Å². The van der Waals surface area contributed by atoms with E-state index in [0.29, 0.717) is 16.5 Å². The maximum absolute atomic E-state index is 13.2. The molecule has 0 saturated heterocycles. The summed E-state index contributed by atoms with van der Waals surface area (Å²) in [7, 11) is 0. The molecule has 2 aromatic rings. The molecule has 2 rings (SSSR count). The van der Waals surface area contributed by atoms with Crippen LogP contribution in [0.2, 0.25) is 0 Å². The molecule has 2 nitrogen and oxygen atoms in total. The Bertz CT molecular complexity index is 644. The molecule has 1 unspecified atom stereocenters. The zero-order chi connectivity index (χ0) is 14.7. The monoisotopic (exact) mass is 400 g/mol. The third-order valence-corrected chi connectivity index (χ3v) is 4.33. The van der Waals surface area contributed by atoms with E-state index in [1.807, 2.05) is 12.1 Å². The van der Waals surface area contributed by atoms with Crippen LogP contribution >= 0.6 is 31.9 Å². The highest BCUT2D eigenvalue weighted by Crippen LogP contribution is 2.29. The Morgan fingerprint density at radius 3 is 2.45 bits per heavy atom. The van der Waals surface area contributed by atoms with Crippen LogP contribution in [0.4, 0.5) is 4.39 Å². The number of carboxylic acid groups (broad SMARTS) is 1. The standard InChI is InChI=1S/C15H11Br2FO2/c16-12-4-2-1-3-10(12)11(15(19)20)7-9-5-6-14(18)13(17)8-9/h1-6,8,11H,7H2,(H,19,20). The highest BCUT2D eigenvalue weighted by molar-refractivity contribution is 9.10. The number of hydrogen-bond acceptors (Lipinski definition) is 1. The van der Waals surface area contributed by atoms with Gasteiger partial charge in [0.05, 0.1) is 10.4 Å². The first-order chi connectivity index (χ1) is 9.49. The lowest BCUT2D eigenvalue weighted by molar-refractivity contribution is -0.138. The zero-order valence-electron chi connectivity index (χ0n) is 10.3. The Hall–Kier alpha value is -1.20. The van der Waals surface area contributed by atoms with Gasteiger partial charge in [0.1, 0.15) is 5.82 Å². The van der Waals surface area contributed by atoms with Crippen molar-refractivity contribution >= 4 is 37.8 Å². The normalized spacial score (nSPS) is 12.2. The van der Waals surface area contributed by atoms with Crippen LogP contribution in [-0.2, 0) is 11.2 Å². The van der Waals surface area contributed by atoms with Gasteiger partial charge in [0.15, 0.2) is 0 Å². The smallest absolute Gasteiger partial charge is 0.311 e. The minimum absolute atomic E-state index is 0.302. The van der Waals surface area contributed by atoms with E-state index in [4.69, 9.17) is 0 Å².